The molecule has 1 aromatic rings. The van der Waals surface area contributed by atoms with Crippen molar-refractivity contribution in [1.29, 1.82) is 0 Å². The molecule has 1 N–H and O–H groups in total. The first-order valence-electron chi connectivity index (χ1n) is 4.83. The van der Waals surface area contributed by atoms with Gasteiger partial charge in [-0.3, -0.25) is 4.79 Å². The minimum Gasteiger partial charge on any atom is -0.492 e. The SMILES string of the molecule is COc1cnc([N+](=O)[O-])c(OC(F)(F)F)c1CC(=O)O. The number of ether oxygens (including phenoxy) is 2. The number of alkyl halides is 3. The number of hydrogen-bond donors (Lipinski definition) is 1. The highest BCUT2D eigenvalue weighted by atomic mass is 19.4. The quantitative estimate of drug-likeness (QED) is 0.647. The van der Waals surface area contributed by atoms with Gasteiger partial charge in [0.05, 0.1) is 19.1 Å². The molecule has 0 amide bonds. The van der Waals surface area contributed by atoms with E-state index in [4.69, 9.17) is 5.11 Å². The van der Waals surface area contributed by atoms with E-state index in [-0.39, 0.29) is 5.75 Å². The Morgan fingerprint density at radius 1 is 1.55 bits per heavy atom. The minimum absolute atomic E-state index is 0.364. The number of nitro groups is 1. The van der Waals surface area contributed by atoms with Gasteiger partial charge in [-0.15, -0.1) is 13.2 Å². The zero-order chi connectivity index (χ0) is 15.5. The Bertz CT molecular complexity index is 545. The summed E-state index contributed by atoms with van der Waals surface area (Å²) in [5, 5.41) is 19.3. The Morgan fingerprint density at radius 2 is 2.15 bits per heavy atom. The van der Waals surface area contributed by atoms with Crippen molar-refractivity contribution >= 4 is 11.8 Å². The molecule has 0 radical (unpaired) electrons. The van der Waals surface area contributed by atoms with E-state index in [1.807, 2.05) is 0 Å². The fourth-order valence-corrected chi connectivity index (χ4v) is 1.35. The van der Waals surface area contributed by atoms with E-state index in [1.165, 1.54) is 0 Å². The summed E-state index contributed by atoms with van der Waals surface area (Å²) in [7, 11) is 1.05. The van der Waals surface area contributed by atoms with Gasteiger partial charge in [0.15, 0.2) is 11.9 Å². The van der Waals surface area contributed by atoms with Crippen molar-refractivity contribution in [3.63, 3.8) is 0 Å². The number of carboxylic acid groups (broad SMARTS) is 1. The van der Waals surface area contributed by atoms with Crippen LogP contribution in [-0.4, -0.2) is 34.5 Å². The van der Waals surface area contributed by atoms with Crippen molar-refractivity contribution < 1.29 is 37.5 Å². The molecule has 0 spiro atoms. The van der Waals surface area contributed by atoms with Gasteiger partial charge in [0, 0.05) is 0 Å². The predicted molar refractivity (Wildman–Crippen MR) is 55.5 cm³/mol. The largest absolute Gasteiger partial charge is 0.573 e. The average molecular weight is 296 g/mol. The number of carbonyl (C=O) groups is 1. The molecule has 1 rings (SSSR count). The Balaban J connectivity index is 3.51. The molecule has 0 unspecified atom stereocenters. The summed E-state index contributed by atoms with van der Waals surface area (Å²) in [6, 6.07) is 0. The van der Waals surface area contributed by atoms with Gasteiger partial charge in [-0.1, -0.05) is 0 Å². The molecule has 0 saturated carbocycles. The van der Waals surface area contributed by atoms with E-state index in [0.29, 0.717) is 0 Å². The molecule has 11 heteroatoms. The van der Waals surface area contributed by atoms with Crippen molar-refractivity contribution in [3.05, 3.63) is 21.9 Å². The summed E-state index contributed by atoms with van der Waals surface area (Å²) >= 11 is 0. The number of rotatable bonds is 5. The molecule has 1 aromatic heterocycles. The van der Waals surface area contributed by atoms with Gasteiger partial charge in [-0.2, -0.15) is 0 Å². The van der Waals surface area contributed by atoms with Crippen molar-refractivity contribution in [3.8, 4) is 11.5 Å². The first-order valence-corrected chi connectivity index (χ1v) is 4.83. The first-order chi connectivity index (χ1) is 9.15. The second-order valence-electron chi connectivity index (χ2n) is 3.33. The Kier molecular flexibility index (Phi) is 4.32. The number of carboxylic acids is 1. The highest BCUT2D eigenvalue weighted by Gasteiger charge is 2.38. The molecule has 1 heterocycles. The maximum atomic E-state index is 12.3. The van der Waals surface area contributed by atoms with E-state index in [9.17, 15) is 28.1 Å². The Labute approximate surface area is 108 Å². The predicted octanol–water partition coefficient (Wildman–Crippen LogP) is 1.52. The lowest BCUT2D eigenvalue weighted by Gasteiger charge is -2.13. The molecule has 0 aliphatic rings. The number of hydrogen-bond acceptors (Lipinski definition) is 6. The van der Waals surface area contributed by atoms with Gasteiger partial charge < -0.3 is 24.7 Å². The minimum atomic E-state index is -5.24. The number of pyridine rings is 1. The number of aliphatic carboxylic acids is 1. The van der Waals surface area contributed by atoms with Crippen LogP contribution in [0.3, 0.4) is 0 Å². The van der Waals surface area contributed by atoms with Gasteiger partial charge in [0.2, 0.25) is 5.75 Å². The third-order valence-electron chi connectivity index (χ3n) is 2.02. The highest BCUT2D eigenvalue weighted by Crippen LogP contribution is 2.38. The molecule has 0 aromatic carbocycles. The third kappa shape index (κ3) is 3.70. The van der Waals surface area contributed by atoms with Gasteiger partial charge >= 0.3 is 18.1 Å². The number of halogens is 3. The standard InChI is InChI=1S/C9H7F3N2O6/c1-19-5-3-13-8(14(17)18)7(20-9(10,11)12)4(5)2-6(15)16/h3H,2H2,1H3,(H,15,16). The maximum absolute atomic E-state index is 12.3. The molecule has 0 fully saturated rings. The molecule has 0 aliphatic heterocycles. The molecule has 0 bridgehead atoms. The first kappa shape index (κ1) is 15.5. The van der Waals surface area contributed by atoms with E-state index in [2.05, 4.69) is 14.5 Å². The van der Waals surface area contributed by atoms with Crippen molar-refractivity contribution in [2.24, 2.45) is 0 Å². The summed E-state index contributed by atoms with van der Waals surface area (Å²) in [6.45, 7) is 0. The number of methoxy groups -OCH3 is 1. The molecular formula is C9H7F3N2O6. The second kappa shape index (κ2) is 5.59. The Morgan fingerprint density at radius 3 is 2.55 bits per heavy atom. The zero-order valence-electron chi connectivity index (χ0n) is 9.80. The van der Waals surface area contributed by atoms with E-state index in [1.54, 1.807) is 0 Å². The van der Waals surface area contributed by atoms with Crippen LogP contribution in [0.2, 0.25) is 0 Å². The summed E-state index contributed by atoms with van der Waals surface area (Å²) in [6.07, 6.45) is -5.45. The van der Waals surface area contributed by atoms with Crippen molar-refractivity contribution in [2.45, 2.75) is 12.8 Å². The van der Waals surface area contributed by atoms with Gasteiger partial charge in [-0.25, -0.2) is 0 Å². The van der Waals surface area contributed by atoms with Crippen molar-refractivity contribution in [2.75, 3.05) is 7.11 Å². The molecule has 8 nitrogen and oxygen atoms in total. The van der Waals surface area contributed by atoms with Crippen LogP contribution in [0, 0.1) is 10.1 Å². The molecule has 20 heavy (non-hydrogen) atoms. The van der Waals surface area contributed by atoms with Crippen LogP contribution in [-0.2, 0) is 11.2 Å². The van der Waals surface area contributed by atoms with E-state index in [0.717, 1.165) is 13.3 Å². The zero-order valence-corrected chi connectivity index (χ0v) is 9.80. The van der Waals surface area contributed by atoms with Crippen molar-refractivity contribution in [1.82, 2.24) is 4.98 Å². The normalized spacial score (nSPS) is 11.0. The topological polar surface area (TPSA) is 112 Å². The average Bonchev–Trinajstić information content (AvgIpc) is 2.28. The van der Waals surface area contributed by atoms with Gasteiger partial charge in [-0.05, 0) is 9.91 Å². The van der Waals surface area contributed by atoms with Gasteiger partial charge in [0.1, 0.15) is 0 Å². The monoisotopic (exact) mass is 296 g/mol. The molecule has 0 atom stereocenters. The van der Waals surface area contributed by atoms with Gasteiger partial charge in [0.25, 0.3) is 0 Å². The lowest BCUT2D eigenvalue weighted by Crippen LogP contribution is -2.20. The lowest BCUT2D eigenvalue weighted by atomic mass is 10.1. The van der Waals surface area contributed by atoms with Crippen LogP contribution in [0.15, 0.2) is 6.20 Å². The Hall–Kier alpha value is -2.59. The fourth-order valence-electron chi connectivity index (χ4n) is 1.35. The summed E-state index contributed by atoms with van der Waals surface area (Å²) in [5.74, 6) is -4.43. The molecule has 0 aliphatic carbocycles. The maximum Gasteiger partial charge on any atom is 0.573 e. The summed E-state index contributed by atoms with van der Waals surface area (Å²) in [5.41, 5.74) is -0.626. The van der Waals surface area contributed by atoms with Crippen LogP contribution in [0.4, 0.5) is 19.0 Å². The smallest absolute Gasteiger partial charge is 0.492 e. The van der Waals surface area contributed by atoms with E-state index >= 15 is 0 Å². The van der Waals surface area contributed by atoms with Crippen LogP contribution >= 0.6 is 0 Å². The van der Waals surface area contributed by atoms with Crippen LogP contribution < -0.4 is 9.47 Å². The lowest BCUT2D eigenvalue weighted by molar-refractivity contribution is -0.393. The summed E-state index contributed by atoms with van der Waals surface area (Å²) in [4.78, 5) is 23.2. The van der Waals surface area contributed by atoms with E-state index < -0.39 is 40.8 Å². The van der Waals surface area contributed by atoms with Crippen LogP contribution in [0.5, 0.6) is 11.5 Å². The van der Waals surface area contributed by atoms with Crippen LogP contribution in [0.25, 0.3) is 0 Å². The number of nitrogens with zero attached hydrogens (tertiary/aromatic N) is 2. The second-order valence-corrected chi connectivity index (χ2v) is 3.33. The summed E-state index contributed by atoms with van der Waals surface area (Å²) < 4.78 is 45.0. The molecule has 0 saturated heterocycles. The third-order valence-corrected chi connectivity index (χ3v) is 2.02. The number of aromatic nitrogens is 1. The molecule has 110 valence electrons. The molecular weight excluding hydrogens is 289 g/mol. The van der Waals surface area contributed by atoms with Crippen LogP contribution in [0.1, 0.15) is 5.56 Å². The highest BCUT2D eigenvalue weighted by molar-refractivity contribution is 5.74. The fraction of sp³-hybridized carbons (Fsp3) is 0.333.